The predicted octanol–water partition coefficient (Wildman–Crippen LogP) is 3.11. The number of anilines is 3. The van der Waals surface area contributed by atoms with E-state index in [0.29, 0.717) is 27.1 Å². The summed E-state index contributed by atoms with van der Waals surface area (Å²) in [6.07, 6.45) is 2.38. The van der Waals surface area contributed by atoms with Gasteiger partial charge in [0.05, 0.1) is 11.2 Å². The Morgan fingerprint density at radius 3 is 2.96 bits per heavy atom. The van der Waals surface area contributed by atoms with Gasteiger partial charge >= 0.3 is 6.09 Å². The summed E-state index contributed by atoms with van der Waals surface area (Å²) in [4.78, 5) is 20.5. The number of thiazole rings is 1. The molecule has 3 heterocycles. The molecule has 3 rings (SSSR count). The van der Waals surface area contributed by atoms with Crippen molar-refractivity contribution >= 4 is 33.9 Å². The third-order valence-corrected chi connectivity index (χ3v) is 4.19. The highest BCUT2D eigenvalue weighted by Crippen LogP contribution is 2.34. The number of rotatable bonds is 4. The van der Waals surface area contributed by atoms with Crippen LogP contribution in [0, 0.1) is 25.2 Å². The number of hydrogen-bond acceptors (Lipinski definition) is 8. The maximum absolute atomic E-state index is 12.2. The number of aryl methyl sites for hydroxylation is 3. The zero-order valence-corrected chi connectivity index (χ0v) is 15.1. The van der Waals surface area contributed by atoms with Gasteiger partial charge in [-0.1, -0.05) is 11.3 Å². The molecule has 0 aliphatic heterocycles. The van der Waals surface area contributed by atoms with E-state index in [0.717, 1.165) is 5.69 Å². The number of nitrogens with zero attached hydrogens (tertiary/aromatic N) is 5. The van der Waals surface area contributed by atoms with Crippen LogP contribution in [-0.4, -0.2) is 25.8 Å². The average Bonchev–Trinajstić information content (AvgIpc) is 3.10. The lowest BCUT2D eigenvalue weighted by molar-refractivity contribution is 0.214. The number of carbonyl (C=O) groups is 1. The van der Waals surface area contributed by atoms with Gasteiger partial charge < -0.3 is 10.1 Å². The van der Waals surface area contributed by atoms with E-state index >= 15 is 0 Å². The first-order valence-corrected chi connectivity index (χ1v) is 8.36. The molecule has 0 fully saturated rings. The molecule has 0 radical (unpaired) electrons. The molecule has 10 heteroatoms. The first kappa shape index (κ1) is 17.4. The zero-order chi connectivity index (χ0) is 18.7. The van der Waals surface area contributed by atoms with E-state index in [1.165, 1.54) is 22.2 Å². The van der Waals surface area contributed by atoms with E-state index in [1.807, 2.05) is 6.92 Å². The van der Waals surface area contributed by atoms with Gasteiger partial charge in [0.1, 0.15) is 17.5 Å². The molecule has 0 bridgehead atoms. The first-order chi connectivity index (χ1) is 12.5. The SMILES string of the molecule is Cc1cc(NC(=O)Oc2nc(C)sc2Nc2c(C#N)cnn2C)ccn1. The van der Waals surface area contributed by atoms with Gasteiger partial charge in [-0.05, 0) is 26.0 Å². The summed E-state index contributed by atoms with van der Waals surface area (Å²) in [7, 11) is 1.70. The summed E-state index contributed by atoms with van der Waals surface area (Å²) in [6, 6.07) is 5.44. The van der Waals surface area contributed by atoms with Crippen molar-refractivity contribution in [3.8, 4) is 11.9 Å². The van der Waals surface area contributed by atoms with Crippen molar-refractivity contribution < 1.29 is 9.53 Å². The molecule has 0 aliphatic carbocycles. The standard InChI is InChI=1S/C16H15N7O2S/c1-9-6-12(4-5-18-9)21-16(24)25-14-15(26-10(2)20-14)22-13-11(7-17)8-19-23(13)3/h4-6,8,22H,1-3H3,(H,18,21,24). The summed E-state index contributed by atoms with van der Waals surface area (Å²) in [5.41, 5.74) is 1.72. The molecular weight excluding hydrogens is 354 g/mol. The number of aromatic nitrogens is 4. The molecule has 0 saturated carbocycles. The number of nitriles is 1. The van der Waals surface area contributed by atoms with Crippen LogP contribution in [0.25, 0.3) is 0 Å². The van der Waals surface area contributed by atoms with Gasteiger partial charge in [0, 0.05) is 24.6 Å². The largest absolute Gasteiger partial charge is 0.418 e. The molecule has 2 N–H and O–H groups in total. The summed E-state index contributed by atoms with van der Waals surface area (Å²) < 4.78 is 6.85. The maximum atomic E-state index is 12.2. The second kappa shape index (κ2) is 7.20. The molecule has 0 aliphatic rings. The quantitative estimate of drug-likeness (QED) is 0.725. The van der Waals surface area contributed by atoms with Crippen LogP contribution in [-0.2, 0) is 7.05 Å². The predicted molar refractivity (Wildman–Crippen MR) is 96.7 cm³/mol. The Bertz CT molecular complexity index is 1000. The third kappa shape index (κ3) is 3.79. The lowest BCUT2D eigenvalue weighted by Gasteiger charge is -2.08. The van der Waals surface area contributed by atoms with Crippen molar-refractivity contribution in [3.63, 3.8) is 0 Å². The molecule has 9 nitrogen and oxygen atoms in total. The van der Waals surface area contributed by atoms with Crippen LogP contribution in [0.2, 0.25) is 0 Å². The highest BCUT2D eigenvalue weighted by molar-refractivity contribution is 7.16. The Morgan fingerprint density at radius 1 is 1.42 bits per heavy atom. The highest BCUT2D eigenvalue weighted by Gasteiger charge is 2.18. The van der Waals surface area contributed by atoms with Gasteiger partial charge in [0.2, 0.25) is 0 Å². The molecule has 132 valence electrons. The van der Waals surface area contributed by atoms with Gasteiger partial charge in [-0.3, -0.25) is 15.0 Å². The Kier molecular flexibility index (Phi) is 4.81. The van der Waals surface area contributed by atoms with Crippen molar-refractivity contribution in [1.82, 2.24) is 19.7 Å². The summed E-state index contributed by atoms with van der Waals surface area (Å²) in [5, 5.41) is 20.1. The molecule has 3 aromatic heterocycles. The number of amides is 1. The van der Waals surface area contributed by atoms with Gasteiger partial charge in [0.25, 0.3) is 5.88 Å². The van der Waals surface area contributed by atoms with E-state index in [-0.39, 0.29) is 5.88 Å². The van der Waals surface area contributed by atoms with Gasteiger partial charge in [-0.25, -0.2) is 9.78 Å². The van der Waals surface area contributed by atoms with E-state index in [1.54, 1.807) is 32.3 Å². The van der Waals surface area contributed by atoms with Crippen molar-refractivity contribution in [2.75, 3.05) is 10.6 Å². The summed E-state index contributed by atoms with van der Waals surface area (Å²) in [5.74, 6) is 0.618. The minimum absolute atomic E-state index is 0.126. The highest BCUT2D eigenvalue weighted by atomic mass is 32.1. The lowest BCUT2D eigenvalue weighted by Crippen LogP contribution is -2.17. The van der Waals surface area contributed by atoms with Crippen molar-refractivity contribution in [2.45, 2.75) is 13.8 Å². The van der Waals surface area contributed by atoms with Crippen LogP contribution < -0.4 is 15.4 Å². The van der Waals surface area contributed by atoms with E-state index < -0.39 is 6.09 Å². The number of pyridine rings is 1. The molecule has 0 unspecified atom stereocenters. The summed E-state index contributed by atoms with van der Waals surface area (Å²) in [6.45, 7) is 3.62. The van der Waals surface area contributed by atoms with E-state index in [4.69, 9.17) is 10.00 Å². The van der Waals surface area contributed by atoms with Crippen molar-refractivity contribution in [1.29, 1.82) is 5.26 Å². The zero-order valence-electron chi connectivity index (χ0n) is 14.3. The van der Waals surface area contributed by atoms with Crippen molar-refractivity contribution in [3.05, 3.63) is 40.8 Å². The fraction of sp³-hybridized carbons (Fsp3) is 0.188. The number of nitrogens with one attached hydrogen (secondary N) is 2. The minimum atomic E-state index is -0.672. The minimum Gasteiger partial charge on any atom is -0.388 e. The van der Waals surface area contributed by atoms with Gasteiger partial charge in [-0.2, -0.15) is 10.4 Å². The molecule has 0 spiro atoms. The second-order valence-corrected chi connectivity index (χ2v) is 6.54. The van der Waals surface area contributed by atoms with Crippen LogP contribution >= 0.6 is 11.3 Å². The molecule has 0 aromatic carbocycles. The van der Waals surface area contributed by atoms with E-state index in [2.05, 4.69) is 31.8 Å². The molecule has 0 saturated heterocycles. The van der Waals surface area contributed by atoms with E-state index in [9.17, 15) is 4.79 Å². The third-order valence-electron chi connectivity index (χ3n) is 3.33. The smallest absolute Gasteiger partial charge is 0.388 e. The number of hydrogen-bond donors (Lipinski definition) is 2. The molecule has 0 atom stereocenters. The maximum Gasteiger partial charge on any atom is 0.418 e. The monoisotopic (exact) mass is 369 g/mol. The number of carbonyl (C=O) groups excluding carboxylic acids is 1. The molecule has 1 amide bonds. The summed E-state index contributed by atoms with van der Waals surface area (Å²) >= 11 is 1.30. The molecule has 26 heavy (non-hydrogen) atoms. The van der Waals surface area contributed by atoms with Crippen LogP contribution in [0.15, 0.2) is 24.5 Å². The van der Waals surface area contributed by atoms with Gasteiger partial charge in [-0.15, -0.1) is 0 Å². The number of ether oxygens (including phenoxy) is 1. The molecule has 3 aromatic rings. The normalized spacial score (nSPS) is 10.2. The average molecular weight is 369 g/mol. The Labute approximate surface area is 153 Å². The Morgan fingerprint density at radius 2 is 2.23 bits per heavy atom. The van der Waals surface area contributed by atoms with Crippen LogP contribution in [0.5, 0.6) is 5.88 Å². The fourth-order valence-corrected chi connectivity index (χ4v) is 2.93. The fourth-order valence-electron chi connectivity index (χ4n) is 2.19. The first-order valence-electron chi connectivity index (χ1n) is 7.54. The Balaban J connectivity index is 1.78. The Hall–Kier alpha value is -3.45. The van der Waals surface area contributed by atoms with Crippen LogP contribution in [0.4, 0.5) is 21.3 Å². The van der Waals surface area contributed by atoms with Crippen molar-refractivity contribution in [2.24, 2.45) is 7.05 Å². The lowest BCUT2D eigenvalue weighted by atomic mass is 10.3. The molecular formula is C16H15N7O2S. The van der Waals surface area contributed by atoms with Crippen LogP contribution in [0.1, 0.15) is 16.3 Å². The van der Waals surface area contributed by atoms with Gasteiger partial charge in [0.15, 0.2) is 5.00 Å². The topological polar surface area (TPSA) is 118 Å². The second-order valence-electron chi connectivity index (χ2n) is 5.33. The van der Waals surface area contributed by atoms with Crippen LogP contribution in [0.3, 0.4) is 0 Å².